The minimum absolute atomic E-state index is 0.106. The lowest BCUT2D eigenvalue weighted by Crippen LogP contribution is -2.38. The van der Waals surface area contributed by atoms with E-state index in [2.05, 4.69) is 5.32 Å². The molecule has 1 heterocycles. The van der Waals surface area contributed by atoms with Crippen molar-refractivity contribution < 1.29 is 9.53 Å². The molecule has 116 valence electrons. The molecule has 1 aromatic carbocycles. The van der Waals surface area contributed by atoms with Crippen LogP contribution in [-0.4, -0.2) is 31.6 Å². The van der Waals surface area contributed by atoms with Gasteiger partial charge in [0.1, 0.15) is 5.78 Å². The Morgan fingerprint density at radius 2 is 2.00 bits per heavy atom. The predicted octanol–water partition coefficient (Wildman–Crippen LogP) is 3.25. The third-order valence-electron chi connectivity index (χ3n) is 4.13. The molecule has 0 aliphatic carbocycles. The van der Waals surface area contributed by atoms with Crippen LogP contribution >= 0.6 is 11.6 Å². The molecule has 1 aliphatic heterocycles. The van der Waals surface area contributed by atoms with Gasteiger partial charge in [-0.1, -0.05) is 23.7 Å². The Bertz CT molecular complexity index is 441. The molecule has 1 aliphatic rings. The summed E-state index contributed by atoms with van der Waals surface area (Å²) in [4.78, 5) is 11.8. The van der Waals surface area contributed by atoms with Gasteiger partial charge in [-0.3, -0.25) is 4.79 Å². The van der Waals surface area contributed by atoms with Crippen LogP contribution in [0.4, 0.5) is 0 Å². The highest BCUT2D eigenvalue weighted by molar-refractivity contribution is 6.30. The number of Topliss-reactive ketones (excluding diaryl/α,β-unsaturated/α-hetero) is 1. The molecule has 21 heavy (non-hydrogen) atoms. The number of rotatable bonds is 7. The Balaban J connectivity index is 1.78. The molecule has 3 nitrogen and oxygen atoms in total. The van der Waals surface area contributed by atoms with Gasteiger partial charge in [-0.2, -0.15) is 0 Å². The Hall–Kier alpha value is -0.900. The van der Waals surface area contributed by atoms with Crippen LogP contribution in [0.1, 0.15) is 31.7 Å². The zero-order valence-electron chi connectivity index (χ0n) is 12.6. The first-order valence-corrected chi connectivity index (χ1v) is 8.09. The average molecular weight is 310 g/mol. The number of ketones is 1. The first-order chi connectivity index (χ1) is 10.1. The van der Waals surface area contributed by atoms with E-state index < -0.39 is 0 Å². The lowest BCUT2D eigenvalue weighted by atomic mass is 9.96. The van der Waals surface area contributed by atoms with Gasteiger partial charge >= 0.3 is 0 Å². The largest absolute Gasteiger partial charge is 0.381 e. The first kappa shape index (κ1) is 16.5. The van der Waals surface area contributed by atoms with E-state index in [1.165, 1.54) is 0 Å². The number of carbonyl (C=O) groups is 1. The maximum atomic E-state index is 11.8. The Morgan fingerprint density at radius 3 is 2.62 bits per heavy atom. The molecule has 0 amide bonds. The molecule has 1 N–H and O–H groups in total. The Kier molecular flexibility index (Phi) is 6.68. The zero-order chi connectivity index (χ0) is 15.1. The van der Waals surface area contributed by atoms with Crippen molar-refractivity contribution in [1.82, 2.24) is 5.32 Å². The maximum absolute atomic E-state index is 11.8. The van der Waals surface area contributed by atoms with Crippen molar-refractivity contribution in [2.24, 2.45) is 5.92 Å². The molecule has 1 atom stereocenters. The summed E-state index contributed by atoms with van der Waals surface area (Å²) in [5, 5.41) is 4.13. The number of benzene rings is 1. The van der Waals surface area contributed by atoms with Crippen LogP contribution in [-0.2, 0) is 16.0 Å². The van der Waals surface area contributed by atoms with Crippen LogP contribution in [0.15, 0.2) is 24.3 Å². The lowest BCUT2D eigenvalue weighted by Gasteiger charge is -2.23. The maximum Gasteiger partial charge on any atom is 0.147 e. The zero-order valence-corrected chi connectivity index (χ0v) is 13.4. The summed E-state index contributed by atoms with van der Waals surface area (Å²) in [5.41, 5.74) is 1.14. The van der Waals surface area contributed by atoms with Gasteiger partial charge in [0.2, 0.25) is 0 Å². The molecule has 0 radical (unpaired) electrons. The number of hydrogen-bond acceptors (Lipinski definition) is 3. The number of nitrogens with one attached hydrogen (secondary N) is 1. The van der Waals surface area contributed by atoms with E-state index in [9.17, 15) is 4.79 Å². The van der Waals surface area contributed by atoms with Gasteiger partial charge in [-0.25, -0.2) is 0 Å². The van der Waals surface area contributed by atoms with Gasteiger partial charge < -0.3 is 10.1 Å². The molecule has 0 unspecified atom stereocenters. The summed E-state index contributed by atoms with van der Waals surface area (Å²) in [6, 6.07) is 7.61. The standard InChI is InChI=1S/C17H24ClNO2/c1-13(20)17(12-15-2-4-16(18)5-3-15)19-9-6-14-7-10-21-11-8-14/h2-5,14,17,19H,6-12H2,1H3/t17-/m1/s1. The second-order valence-corrected chi connectivity index (χ2v) is 6.23. The predicted molar refractivity (Wildman–Crippen MR) is 85.8 cm³/mol. The molecular weight excluding hydrogens is 286 g/mol. The highest BCUT2D eigenvalue weighted by atomic mass is 35.5. The smallest absolute Gasteiger partial charge is 0.147 e. The van der Waals surface area contributed by atoms with Crippen molar-refractivity contribution >= 4 is 17.4 Å². The minimum Gasteiger partial charge on any atom is -0.381 e. The molecule has 1 saturated heterocycles. The molecule has 0 aromatic heterocycles. The van der Waals surface area contributed by atoms with Crippen LogP contribution < -0.4 is 5.32 Å². The van der Waals surface area contributed by atoms with E-state index in [-0.39, 0.29) is 11.8 Å². The highest BCUT2D eigenvalue weighted by Gasteiger charge is 2.17. The van der Waals surface area contributed by atoms with Gasteiger partial charge in [-0.15, -0.1) is 0 Å². The monoisotopic (exact) mass is 309 g/mol. The summed E-state index contributed by atoms with van der Waals surface area (Å²) in [6.07, 6.45) is 4.13. The Labute approximate surface area is 132 Å². The summed E-state index contributed by atoms with van der Waals surface area (Å²) in [5.74, 6) is 0.923. The number of ether oxygens (including phenoxy) is 1. The number of halogens is 1. The summed E-state index contributed by atoms with van der Waals surface area (Å²) < 4.78 is 5.37. The second-order valence-electron chi connectivity index (χ2n) is 5.79. The summed E-state index contributed by atoms with van der Waals surface area (Å²) in [7, 11) is 0. The van der Waals surface area contributed by atoms with Crippen LogP contribution in [0.25, 0.3) is 0 Å². The molecule has 4 heteroatoms. The van der Waals surface area contributed by atoms with Gasteiger partial charge in [0.05, 0.1) is 6.04 Å². The van der Waals surface area contributed by atoms with Crippen LogP contribution in [0.5, 0.6) is 0 Å². The fourth-order valence-electron chi connectivity index (χ4n) is 2.71. The van der Waals surface area contributed by atoms with E-state index in [1.807, 2.05) is 24.3 Å². The van der Waals surface area contributed by atoms with Crippen LogP contribution in [0, 0.1) is 5.92 Å². The molecule has 1 aromatic rings. The van der Waals surface area contributed by atoms with E-state index in [1.54, 1.807) is 6.92 Å². The number of hydrogen-bond donors (Lipinski definition) is 1. The molecule has 0 saturated carbocycles. The molecule has 0 bridgehead atoms. The number of carbonyl (C=O) groups excluding carboxylic acids is 1. The lowest BCUT2D eigenvalue weighted by molar-refractivity contribution is -0.119. The summed E-state index contributed by atoms with van der Waals surface area (Å²) >= 11 is 5.89. The molecule has 2 rings (SSSR count). The van der Waals surface area contributed by atoms with Crippen molar-refractivity contribution in [2.75, 3.05) is 19.8 Å². The van der Waals surface area contributed by atoms with Crippen molar-refractivity contribution in [1.29, 1.82) is 0 Å². The van der Waals surface area contributed by atoms with Crippen LogP contribution in [0.3, 0.4) is 0 Å². The first-order valence-electron chi connectivity index (χ1n) is 7.71. The highest BCUT2D eigenvalue weighted by Crippen LogP contribution is 2.18. The molecular formula is C17H24ClNO2. The quantitative estimate of drug-likeness (QED) is 0.840. The van der Waals surface area contributed by atoms with Gasteiger partial charge in [0, 0.05) is 18.2 Å². The van der Waals surface area contributed by atoms with Crippen molar-refractivity contribution in [3.8, 4) is 0 Å². The van der Waals surface area contributed by atoms with Crippen LogP contribution in [0.2, 0.25) is 5.02 Å². The van der Waals surface area contributed by atoms with Gasteiger partial charge in [-0.05, 0) is 62.8 Å². The minimum atomic E-state index is -0.106. The SMILES string of the molecule is CC(=O)[C@@H](Cc1ccc(Cl)cc1)NCCC1CCOCC1. The van der Waals surface area contributed by atoms with E-state index in [0.29, 0.717) is 0 Å². The fourth-order valence-corrected chi connectivity index (χ4v) is 2.84. The molecule has 0 spiro atoms. The third kappa shape index (κ3) is 5.77. The fraction of sp³-hybridized carbons (Fsp3) is 0.588. The normalized spacial score (nSPS) is 17.6. The summed E-state index contributed by atoms with van der Waals surface area (Å²) in [6.45, 7) is 4.31. The van der Waals surface area contributed by atoms with E-state index >= 15 is 0 Å². The van der Waals surface area contributed by atoms with E-state index in [4.69, 9.17) is 16.3 Å². The van der Waals surface area contributed by atoms with Gasteiger partial charge in [0.25, 0.3) is 0 Å². The molecule has 1 fully saturated rings. The average Bonchev–Trinajstić information content (AvgIpc) is 2.49. The van der Waals surface area contributed by atoms with Crippen molar-refractivity contribution in [3.63, 3.8) is 0 Å². The second kappa shape index (κ2) is 8.52. The topological polar surface area (TPSA) is 38.3 Å². The van der Waals surface area contributed by atoms with Gasteiger partial charge in [0.15, 0.2) is 0 Å². The van der Waals surface area contributed by atoms with E-state index in [0.717, 1.165) is 61.9 Å². The van der Waals surface area contributed by atoms with Crippen molar-refractivity contribution in [2.45, 2.75) is 38.6 Å². The van der Waals surface area contributed by atoms with Crippen molar-refractivity contribution in [3.05, 3.63) is 34.9 Å². The Morgan fingerprint density at radius 1 is 1.33 bits per heavy atom. The third-order valence-corrected chi connectivity index (χ3v) is 4.38.